The molecule has 0 atom stereocenters. The molecule has 1 aliphatic heterocycles. The van der Waals surface area contributed by atoms with Gasteiger partial charge in [0, 0.05) is 36.6 Å². The SMILES string of the molecule is CN1C(=O)C(C)(C)CN(C2CCCC2)c2nc(Nc3cccc4c(O)[nH]cc34)ncc21. The van der Waals surface area contributed by atoms with Crippen molar-refractivity contribution < 1.29 is 9.90 Å². The zero-order valence-corrected chi connectivity index (χ0v) is 18.1. The van der Waals surface area contributed by atoms with Crippen LogP contribution in [-0.4, -0.2) is 45.6 Å². The van der Waals surface area contributed by atoms with Gasteiger partial charge in [-0.05, 0) is 38.8 Å². The average molecular weight is 421 g/mol. The van der Waals surface area contributed by atoms with Crippen LogP contribution in [0.4, 0.5) is 23.1 Å². The number of aromatic amines is 1. The minimum absolute atomic E-state index is 0.0751. The molecule has 162 valence electrons. The number of benzene rings is 1. The van der Waals surface area contributed by atoms with E-state index in [9.17, 15) is 9.90 Å². The molecule has 8 heteroatoms. The lowest BCUT2D eigenvalue weighted by Gasteiger charge is -2.34. The fourth-order valence-electron chi connectivity index (χ4n) is 4.90. The van der Waals surface area contributed by atoms with E-state index in [4.69, 9.17) is 4.98 Å². The number of aromatic hydroxyl groups is 1. The van der Waals surface area contributed by atoms with Crippen LogP contribution in [0.25, 0.3) is 10.8 Å². The Labute approximate surface area is 181 Å². The van der Waals surface area contributed by atoms with Crippen LogP contribution in [0.3, 0.4) is 0 Å². The molecular weight excluding hydrogens is 392 g/mol. The fourth-order valence-corrected chi connectivity index (χ4v) is 4.90. The number of hydrogen-bond donors (Lipinski definition) is 3. The normalized spacial score (nSPS) is 19.0. The first-order valence-corrected chi connectivity index (χ1v) is 10.8. The van der Waals surface area contributed by atoms with Gasteiger partial charge < -0.3 is 25.2 Å². The van der Waals surface area contributed by atoms with Crippen LogP contribution in [0.5, 0.6) is 5.88 Å². The maximum atomic E-state index is 13.1. The van der Waals surface area contributed by atoms with Gasteiger partial charge in [-0.1, -0.05) is 18.9 Å². The second kappa shape index (κ2) is 7.14. The molecule has 1 aromatic carbocycles. The number of rotatable bonds is 3. The highest BCUT2D eigenvalue weighted by molar-refractivity contribution is 6.01. The monoisotopic (exact) mass is 420 g/mol. The number of anilines is 4. The Bertz CT molecular complexity index is 1150. The van der Waals surface area contributed by atoms with Crippen LogP contribution in [0.2, 0.25) is 0 Å². The van der Waals surface area contributed by atoms with Crippen molar-refractivity contribution in [1.29, 1.82) is 0 Å². The zero-order valence-electron chi connectivity index (χ0n) is 18.1. The first kappa shape index (κ1) is 19.7. The molecule has 0 radical (unpaired) electrons. The molecule has 5 rings (SSSR count). The Hall–Kier alpha value is -3.29. The minimum atomic E-state index is -0.514. The minimum Gasteiger partial charge on any atom is -0.494 e. The summed E-state index contributed by atoms with van der Waals surface area (Å²) < 4.78 is 0. The van der Waals surface area contributed by atoms with Gasteiger partial charge in [-0.15, -0.1) is 0 Å². The summed E-state index contributed by atoms with van der Waals surface area (Å²) in [5.74, 6) is 1.48. The first-order chi connectivity index (χ1) is 14.8. The van der Waals surface area contributed by atoms with Crippen molar-refractivity contribution in [3.05, 3.63) is 30.6 Å². The highest BCUT2D eigenvalue weighted by atomic mass is 16.3. The molecular formula is C23H28N6O2. The third-order valence-electron chi connectivity index (χ3n) is 6.56. The van der Waals surface area contributed by atoms with Gasteiger partial charge >= 0.3 is 0 Å². The van der Waals surface area contributed by atoms with E-state index in [0.717, 1.165) is 40.8 Å². The molecule has 1 fully saturated rings. The summed E-state index contributed by atoms with van der Waals surface area (Å²) in [4.78, 5) is 29.4. The zero-order chi connectivity index (χ0) is 21.8. The molecule has 8 nitrogen and oxygen atoms in total. The van der Waals surface area contributed by atoms with E-state index in [1.165, 1.54) is 12.8 Å². The number of fused-ring (bicyclic) bond motifs is 2. The van der Waals surface area contributed by atoms with Gasteiger partial charge in [0.1, 0.15) is 5.69 Å². The molecule has 1 aliphatic carbocycles. The van der Waals surface area contributed by atoms with E-state index in [1.807, 2.05) is 32.0 Å². The lowest BCUT2D eigenvalue weighted by atomic mass is 9.91. The quantitative estimate of drug-likeness (QED) is 0.589. The van der Waals surface area contributed by atoms with Gasteiger partial charge in [-0.2, -0.15) is 4.98 Å². The smallest absolute Gasteiger partial charge is 0.234 e. The van der Waals surface area contributed by atoms with E-state index in [-0.39, 0.29) is 11.8 Å². The van der Waals surface area contributed by atoms with Crippen LogP contribution in [0, 0.1) is 5.41 Å². The topological polar surface area (TPSA) is 97.4 Å². The van der Waals surface area contributed by atoms with Crippen molar-refractivity contribution in [2.45, 2.75) is 45.6 Å². The largest absolute Gasteiger partial charge is 0.494 e. The Kier molecular flexibility index (Phi) is 4.53. The summed E-state index contributed by atoms with van der Waals surface area (Å²) in [5, 5.41) is 14.9. The molecule has 0 unspecified atom stereocenters. The molecule has 3 aromatic rings. The fraction of sp³-hybridized carbons (Fsp3) is 0.435. The first-order valence-electron chi connectivity index (χ1n) is 10.8. The number of H-pyrrole nitrogens is 1. The third-order valence-corrected chi connectivity index (χ3v) is 6.56. The number of amides is 1. The summed E-state index contributed by atoms with van der Waals surface area (Å²) in [5.41, 5.74) is 1.03. The lowest BCUT2D eigenvalue weighted by Crippen LogP contribution is -2.45. The number of nitrogens with one attached hydrogen (secondary N) is 2. The summed E-state index contributed by atoms with van der Waals surface area (Å²) >= 11 is 0. The standard InChI is InChI=1S/C23H28N6O2/c1-23(2)13-29(14-7-4-5-8-14)19-18(28(3)21(23)31)12-25-22(27-19)26-17-10-6-9-15-16(17)11-24-20(15)30/h6,9-12,14,24,30H,4-5,7-8,13H2,1-3H3,(H,25,26,27). The highest BCUT2D eigenvalue weighted by Crippen LogP contribution is 2.40. The van der Waals surface area contributed by atoms with E-state index < -0.39 is 5.41 Å². The van der Waals surface area contributed by atoms with E-state index in [0.29, 0.717) is 18.5 Å². The highest BCUT2D eigenvalue weighted by Gasteiger charge is 2.41. The average Bonchev–Trinajstić information content (AvgIpc) is 3.40. The molecule has 3 N–H and O–H groups in total. The van der Waals surface area contributed by atoms with E-state index >= 15 is 0 Å². The molecule has 1 amide bonds. The maximum absolute atomic E-state index is 13.1. The molecule has 2 aliphatic rings. The number of nitrogens with zero attached hydrogens (tertiary/aromatic N) is 4. The molecule has 0 bridgehead atoms. The van der Waals surface area contributed by atoms with Gasteiger partial charge in [0.2, 0.25) is 11.9 Å². The summed E-state index contributed by atoms with van der Waals surface area (Å²) in [6.45, 7) is 4.64. The Morgan fingerprint density at radius 3 is 2.77 bits per heavy atom. The van der Waals surface area contributed by atoms with Crippen molar-refractivity contribution in [2.24, 2.45) is 5.41 Å². The molecule has 0 saturated heterocycles. The van der Waals surface area contributed by atoms with Gasteiger partial charge in [0.15, 0.2) is 11.7 Å². The molecule has 31 heavy (non-hydrogen) atoms. The van der Waals surface area contributed by atoms with Gasteiger partial charge in [0.25, 0.3) is 0 Å². The van der Waals surface area contributed by atoms with Crippen LogP contribution in [0.1, 0.15) is 39.5 Å². The summed E-state index contributed by atoms with van der Waals surface area (Å²) in [7, 11) is 1.81. The second-order valence-electron chi connectivity index (χ2n) is 9.25. The Balaban J connectivity index is 1.58. The predicted octanol–water partition coefficient (Wildman–Crippen LogP) is 4.16. The lowest BCUT2D eigenvalue weighted by molar-refractivity contribution is -0.125. The molecule has 1 saturated carbocycles. The predicted molar refractivity (Wildman–Crippen MR) is 122 cm³/mol. The second-order valence-corrected chi connectivity index (χ2v) is 9.25. The van der Waals surface area contributed by atoms with Crippen molar-refractivity contribution in [3.63, 3.8) is 0 Å². The van der Waals surface area contributed by atoms with E-state index in [1.54, 1.807) is 24.3 Å². The van der Waals surface area contributed by atoms with Crippen LogP contribution in [-0.2, 0) is 4.79 Å². The van der Waals surface area contributed by atoms with Gasteiger partial charge in [-0.3, -0.25) is 4.79 Å². The third kappa shape index (κ3) is 3.26. The van der Waals surface area contributed by atoms with Crippen molar-refractivity contribution in [2.75, 3.05) is 28.7 Å². The van der Waals surface area contributed by atoms with Crippen LogP contribution in [0.15, 0.2) is 30.6 Å². The Morgan fingerprint density at radius 1 is 1.23 bits per heavy atom. The van der Waals surface area contributed by atoms with Crippen LogP contribution >= 0.6 is 0 Å². The summed E-state index contributed by atoms with van der Waals surface area (Å²) in [6.07, 6.45) is 8.13. The van der Waals surface area contributed by atoms with Crippen molar-refractivity contribution in [1.82, 2.24) is 15.0 Å². The van der Waals surface area contributed by atoms with Crippen molar-refractivity contribution >= 4 is 39.8 Å². The molecule has 2 aromatic heterocycles. The van der Waals surface area contributed by atoms with Crippen molar-refractivity contribution in [3.8, 4) is 5.88 Å². The number of hydrogen-bond acceptors (Lipinski definition) is 6. The maximum Gasteiger partial charge on any atom is 0.234 e. The van der Waals surface area contributed by atoms with Gasteiger partial charge in [0.05, 0.1) is 17.3 Å². The molecule has 3 heterocycles. The van der Waals surface area contributed by atoms with Crippen LogP contribution < -0.4 is 15.1 Å². The van der Waals surface area contributed by atoms with Gasteiger partial charge in [-0.25, -0.2) is 4.98 Å². The Morgan fingerprint density at radius 2 is 2.00 bits per heavy atom. The number of aromatic nitrogens is 3. The molecule has 0 spiro atoms. The van der Waals surface area contributed by atoms with E-state index in [2.05, 4.69) is 20.2 Å². The number of carbonyl (C=O) groups excluding carboxylic acids is 1. The number of carbonyl (C=O) groups is 1. The summed E-state index contributed by atoms with van der Waals surface area (Å²) in [6, 6.07) is 6.04.